The van der Waals surface area contributed by atoms with E-state index in [-0.39, 0.29) is 11.3 Å². The summed E-state index contributed by atoms with van der Waals surface area (Å²) < 4.78 is 32.8. The summed E-state index contributed by atoms with van der Waals surface area (Å²) >= 11 is 0. The van der Waals surface area contributed by atoms with Gasteiger partial charge < -0.3 is 28.4 Å². The Balaban J connectivity index is 2.02. The Hall–Kier alpha value is -3.78. The second kappa shape index (κ2) is 8.87. The summed E-state index contributed by atoms with van der Waals surface area (Å²) in [7, 11) is 4.54. The maximum atomic E-state index is 12.7. The van der Waals surface area contributed by atoms with E-state index in [1.807, 2.05) is 30.3 Å². The number of rotatable bonds is 5. The molecule has 1 aliphatic heterocycles. The summed E-state index contributed by atoms with van der Waals surface area (Å²) in [5.41, 5.74) is 1.30. The maximum absolute atomic E-state index is 12.7. The van der Waals surface area contributed by atoms with Gasteiger partial charge in [-0.05, 0) is 55.5 Å². The quantitative estimate of drug-likeness (QED) is 0.352. The molecular formula is C26H26O8. The van der Waals surface area contributed by atoms with Crippen molar-refractivity contribution in [1.82, 2.24) is 0 Å². The lowest BCUT2D eigenvalue weighted by Gasteiger charge is -2.21. The molecule has 0 N–H and O–H groups in total. The van der Waals surface area contributed by atoms with Gasteiger partial charge in [0.05, 0.1) is 25.3 Å². The fraction of sp³-hybridized carbons (Fsp3) is 0.308. The first-order chi connectivity index (χ1) is 16.1. The van der Waals surface area contributed by atoms with Crippen LogP contribution in [-0.4, -0.2) is 39.1 Å². The lowest BCUT2D eigenvalue weighted by Crippen LogP contribution is -2.26. The normalized spacial score (nSPS) is 15.0. The number of carbonyl (C=O) groups is 2. The van der Waals surface area contributed by atoms with E-state index in [0.717, 1.165) is 11.1 Å². The summed E-state index contributed by atoms with van der Waals surface area (Å²) in [6.07, 6.45) is -1.94. The average Bonchev–Trinajstić information content (AvgIpc) is 3.12. The van der Waals surface area contributed by atoms with Gasteiger partial charge in [-0.2, -0.15) is 0 Å². The first kappa shape index (κ1) is 23.4. The van der Waals surface area contributed by atoms with E-state index in [1.165, 1.54) is 7.11 Å². The Morgan fingerprint density at radius 2 is 1.62 bits per heavy atom. The number of hydrogen-bond donors (Lipinski definition) is 0. The number of carbonyl (C=O) groups excluding carboxylic acids is 2. The topological polar surface area (TPSA) is 89.5 Å². The van der Waals surface area contributed by atoms with Crippen LogP contribution in [0.5, 0.6) is 17.2 Å². The number of cyclic esters (lactones) is 1. The number of fused-ring (bicyclic) bond motifs is 2. The predicted molar refractivity (Wildman–Crippen MR) is 125 cm³/mol. The molecule has 34 heavy (non-hydrogen) atoms. The molecule has 1 unspecified atom stereocenters. The van der Waals surface area contributed by atoms with Crippen molar-refractivity contribution in [2.24, 2.45) is 0 Å². The molecule has 1 atom stereocenters. The molecule has 0 aromatic heterocycles. The zero-order valence-electron chi connectivity index (χ0n) is 19.9. The fourth-order valence-electron chi connectivity index (χ4n) is 3.89. The van der Waals surface area contributed by atoms with Crippen LogP contribution in [-0.2, 0) is 14.2 Å². The van der Waals surface area contributed by atoms with Crippen LogP contribution in [0, 0.1) is 0 Å². The number of benzene rings is 3. The van der Waals surface area contributed by atoms with Gasteiger partial charge in [0.15, 0.2) is 5.75 Å². The van der Waals surface area contributed by atoms with E-state index in [4.69, 9.17) is 28.4 Å². The van der Waals surface area contributed by atoms with Crippen molar-refractivity contribution >= 4 is 22.9 Å². The first-order valence-corrected chi connectivity index (χ1v) is 10.6. The molecule has 4 rings (SSSR count). The average molecular weight is 466 g/mol. The van der Waals surface area contributed by atoms with Crippen molar-refractivity contribution < 1.29 is 38.0 Å². The van der Waals surface area contributed by atoms with Gasteiger partial charge in [-0.15, -0.1) is 0 Å². The summed E-state index contributed by atoms with van der Waals surface area (Å²) in [5.74, 6) is 0.758. The van der Waals surface area contributed by atoms with Crippen LogP contribution in [0.15, 0.2) is 42.5 Å². The predicted octanol–water partition coefficient (Wildman–Crippen LogP) is 5.65. The molecule has 0 saturated carbocycles. The van der Waals surface area contributed by atoms with Crippen LogP contribution in [0.25, 0.3) is 21.9 Å². The van der Waals surface area contributed by atoms with Crippen LogP contribution < -0.4 is 14.2 Å². The molecule has 0 saturated heterocycles. The van der Waals surface area contributed by atoms with Gasteiger partial charge in [-0.3, -0.25) is 0 Å². The summed E-state index contributed by atoms with van der Waals surface area (Å²) in [6, 6.07) is 12.7. The number of hydrogen-bond acceptors (Lipinski definition) is 8. The molecule has 178 valence electrons. The fourth-order valence-corrected chi connectivity index (χ4v) is 3.89. The smallest absolute Gasteiger partial charge is 0.497 e. The van der Waals surface area contributed by atoms with Crippen molar-refractivity contribution in [3.8, 4) is 28.4 Å². The molecule has 0 amide bonds. The SMILES string of the molecule is COc1cc(OC)cc(-c2cccc3cc4c(c(OC(=O)OC(C)(C)C)c23)C(OC)OC4=O)c1. The van der Waals surface area contributed by atoms with E-state index < -0.39 is 24.0 Å². The summed E-state index contributed by atoms with van der Waals surface area (Å²) in [4.78, 5) is 25.3. The zero-order valence-corrected chi connectivity index (χ0v) is 19.9. The second-order valence-corrected chi connectivity index (χ2v) is 8.71. The Morgan fingerprint density at radius 3 is 2.21 bits per heavy atom. The highest BCUT2D eigenvalue weighted by molar-refractivity contribution is 6.08. The molecule has 8 nitrogen and oxygen atoms in total. The van der Waals surface area contributed by atoms with Crippen LogP contribution in [0.1, 0.15) is 43.0 Å². The third-order valence-electron chi connectivity index (χ3n) is 5.28. The lowest BCUT2D eigenvalue weighted by atomic mass is 9.93. The number of esters is 1. The number of methoxy groups -OCH3 is 3. The van der Waals surface area contributed by atoms with Gasteiger partial charge in [0.2, 0.25) is 6.29 Å². The highest BCUT2D eigenvalue weighted by Gasteiger charge is 2.37. The van der Waals surface area contributed by atoms with E-state index in [1.54, 1.807) is 47.1 Å². The van der Waals surface area contributed by atoms with Crippen molar-refractivity contribution in [3.63, 3.8) is 0 Å². The molecule has 0 aliphatic carbocycles. The summed E-state index contributed by atoms with van der Waals surface area (Å²) in [5, 5.41) is 1.26. The van der Waals surface area contributed by atoms with E-state index >= 15 is 0 Å². The molecule has 3 aromatic rings. The van der Waals surface area contributed by atoms with Gasteiger partial charge in [-0.25, -0.2) is 9.59 Å². The standard InChI is InChI=1S/C26H26O8/c1-26(2,3)34-25(28)32-22-20-14(12-19-21(22)24(31-6)33-23(19)27)8-7-9-18(20)15-10-16(29-4)13-17(11-15)30-5/h7-13,24H,1-6H3. The van der Waals surface area contributed by atoms with Crippen molar-refractivity contribution in [3.05, 3.63) is 53.6 Å². The minimum absolute atomic E-state index is 0.136. The molecule has 1 aliphatic rings. The van der Waals surface area contributed by atoms with Gasteiger partial charge >= 0.3 is 12.1 Å². The Labute approximate surface area is 197 Å². The summed E-state index contributed by atoms with van der Waals surface area (Å²) in [6.45, 7) is 5.21. The van der Waals surface area contributed by atoms with Crippen molar-refractivity contribution in [2.45, 2.75) is 32.7 Å². The molecule has 0 radical (unpaired) electrons. The monoisotopic (exact) mass is 466 g/mol. The molecule has 8 heteroatoms. The molecule has 0 fully saturated rings. The zero-order chi connectivity index (χ0) is 24.6. The van der Waals surface area contributed by atoms with Crippen LogP contribution in [0.4, 0.5) is 4.79 Å². The van der Waals surface area contributed by atoms with E-state index in [9.17, 15) is 9.59 Å². The Bertz CT molecular complexity index is 1250. The molecule has 0 spiro atoms. The number of ether oxygens (including phenoxy) is 6. The van der Waals surface area contributed by atoms with Gasteiger partial charge in [0.1, 0.15) is 17.1 Å². The highest BCUT2D eigenvalue weighted by atomic mass is 16.7. The Morgan fingerprint density at radius 1 is 0.941 bits per heavy atom. The molecule has 1 heterocycles. The van der Waals surface area contributed by atoms with Gasteiger partial charge in [0.25, 0.3) is 0 Å². The third kappa shape index (κ3) is 4.36. The van der Waals surface area contributed by atoms with Gasteiger partial charge in [-0.1, -0.05) is 18.2 Å². The van der Waals surface area contributed by atoms with E-state index in [2.05, 4.69) is 0 Å². The minimum Gasteiger partial charge on any atom is -0.497 e. The van der Waals surface area contributed by atoms with Gasteiger partial charge in [0, 0.05) is 18.6 Å². The third-order valence-corrected chi connectivity index (χ3v) is 5.28. The lowest BCUT2D eigenvalue weighted by molar-refractivity contribution is -0.0823. The minimum atomic E-state index is -1.03. The second-order valence-electron chi connectivity index (χ2n) is 8.71. The molecule has 3 aromatic carbocycles. The van der Waals surface area contributed by atoms with Crippen molar-refractivity contribution in [1.29, 1.82) is 0 Å². The van der Waals surface area contributed by atoms with Crippen LogP contribution in [0.3, 0.4) is 0 Å². The van der Waals surface area contributed by atoms with Crippen molar-refractivity contribution in [2.75, 3.05) is 21.3 Å². The maximum Gasteiger partial charge on any atom is 0.514 e. The largest absolute Gasteiger partial charge is 0.514 e. The van der Waals surface area contributed by atoms with E-state index in [0.29, 0.717) is 27.8 Å². The van der Waals surface area contributed by atoms with Crippen LogP contribution >= 0.6 is 0 Å². The molecular weight excluding hydrogens is 440 g/mol. The highest BCUT2D eigenvalue weighted by Crippen LogP contribution is 2.47. The molecule has 0 bridgehead atoms. The Kier molecular flexibility index (Phi) is 6.10. The first-order valence-electron chi connectivity index (χ1n) is 10.6. The van der Waals surface area contributed by atoms with Crippen LogP contribution in [0.2, 0.25) is 0 Å².